The average Bonchev–Trinajstić information content (AvgIpc) is 2.93. The van der Waals surface area contributed by atoms with Gasteiger partial charge in [-0.25, -0.2) is 0 Å². The molecular weight excluding hydrogens is 333 g/mol. The van der Waals surface area contributed by atoms with E-state index < -0.39 is 0 Å². The van der Waals surface area contributed by atoms with Crippen molar-refractivity contribution in [3.05, 3.63) is 65.3 Å². The molecule has 122 valence electrons. The highest BCUT2D eigenvalue weighted by Crippen LogP contribution is 2.35. The second-order valence-electron chi connectivity index (χ2n) is 5.13. The first kappa shape index (κ1) is 17.7. The van der Waals surface area contributed by atoms with E-state index in [1.54, 1.807) is 6.07 Å². The number of benzene rings is 2. The quantitative estimate of drug-likeness (QED) is 0.659. The van der Waals surface area contributed by atoms with Crippen LogP contribution in [-0.4, -0.2) is 13.6 Å². The number of rotatable bonds is 6. The first-order valence-electron chi connectivity index (χ1n) is 7.32. The maximum absolute atomic E-state index is 13.5. The van der Waals surface area contributed by atoms with Crippen LogP contribution < -0.4 is 10.1 Å². The Kier molecular flexibility index (Phi) is 6.39. The third kappa shape index (κ3) is 4.22. The molecule has 3 aromatic rings. The van der Waals surface area contributed by atoms with Crippen LogP contribution >= 0.6 is 23.7 Å². The molecule has 0 saturated heterocycles. The number of thiophene rings is 1. The summed E-state index contributed by atoms with van der Waals surface area (Å²) < 4.78 is 20.6. The molecule has 0 spiro atoms. The molecular formula is C18H19ClFNOS. The summed E-state index contributed by atoms with van der Waals surface area (Å²) in [7, 11) is 1.93. The Labute approximate surface area is 145 Å². The van der Waals surface area contributed by atoms with Crippen molar-refractivity contribution in [3.8, 4) is 5.75 Å². The fourth-order valence-electron chi connectivity index (χ4n) is 2.49. The van der Waals surface area contributed by atoms with Crippen molar-refractivity contribution in [2.24, 2.45) is 0 Å². The number of ether oxygens (including phenoxy) is 1. The molecule has 2 aromatic carbocycles. The van der Waals surface area contributed by atoms with E-state index in [-0.39, 0.29) is 23.6 Å². The summed E-state index contributed by atoms with van der Waals surface area (Å²) in [5, 5.41) is 3.86. The lowest BCUT2D eigenvalue weighted by Gasteiger charge is -2.20. The smallest absolute Gasteiger partial charge is 0.177 e. The van der Waals surface area contributed by atoms with E-state index in [9.17, 15) is 4.39 Å². The van der Waals surface area contributed by atoms with E-state index in [1.807, 2.05) is 43.4 Å². The molecule has 1 heterocycles. The Bertz CT molecular complexity index is 747. The summed E-state index contributed by atoms with van der Waals surface area (Å²) in [5.41, 5.74) is 1.13. The minimum Gasteiger partial charge on any atom is -0.484 e. The largest absolute Gasteiger partial charge is 0.484 e. The number of hydrogen-bond acceptors (Lipinski definition) is 3. The van der Waals surface area contributed by atoms with Gasteiger partial charge in [-0.2, -0.15) is 4.39 Å². The Morgan fingerprint density at radius 3 is 2.65 bits per heavy atom. The standard InChI is InChI=1S/C18H18FNOS.ClH/c1-20-11-10-15(13-6-3-2-4-7-13)21-16-9-5-8-14-12-17(19)22-18(14)16;/h2-9,12,15,20H,10-11H2,1H3;1H/t15-;/m0./s1. The average molecular weight is 352 g/mol. The van der Waals surface area contributed by atoms with Crippen molar-refractivity contribution < 1.29 is 9.13 Å². The van der Waals surface area contributed by atoms with Gasteiger partial charge in [-0.05, 0) is 36.7 Å². The van der Waals surface area contributed by atoms with Crippen molar-refractivity contribution in [1.29, 1.82) is 0 Å². The van der Waals surface area contributed by atoms with Crippen LogP contribution in [0.3, 0.4) is 0 Å². The molecule has 1 aromatic heterocycles. The van der Waals surface area contributed by atoms with Crippen LogP contribution in [0, 0.1) is 5.13 Å². The van der Waals surface area contributed by atoms with Crippen LogP contribution in [0.2, 0.25) is 0 Å². The monoisotopic (exact) mass is 351 g/mol. The molecule has 2 nitrogen and oxygen atoms in total. The normalized spacial score (nSPS) is 11.9. The summed E-state index contributed by atoms with van der Waals surface area (Å²) >= 11 is 1.13. The lowest BCUT2D eigenvalue weighted by molar-refractivity contribution is 0.198. The number of halogens is 2. The number of hydrogen-bond donors (Lipinski definition) is 1. The third-order valence-electron chi connectivity index (χ3n) is 3.58. The second-order valence-corrected chi connectivity index (χ2v) is 6.14. The van der Waals surface area contributed by atoms with Gasteiger partial charge in [0.2, 0.25) is 0 Å². The summed E-state index contributed by atoms with van der Waals surface area (Å²) in [6, 6.07) is 17.4. The Balaban J connectivity index is 0.00000192. The molecule has 1 N–H and O–H groups in total. The molecule has 1 atom stereocenters. The van der Waals surface area contributed by atoms with Crippen molar-refractivity contribution in [2.45, 2.75) is 12.5 Å². The van der Waals surface area contributed by atoms with Crippen LogP contribution in [0.25, 0.3) is 10.1 Å². The van der Waals surface area contributed by atoms with Crippen LogP contribution in [0.1, 0.15) is 18.1 Å². The van der Waals surface area contributed by atoms with Crippen molar-refractivity contribution >= 4 is 33.8 Å². The summed E-state index contributed by atoms with van der Waals surface area (Å²) in [6.45, 7) is 0.855. The van der Waals surface area contributed by atoms with Crippen LogP contribution in [0.15, 0.2) is 54.6 Å². The summed E-state index contributed by atoms with van der Waals surface area (Å²) in [6.07, 6.45) is 0.800. The minimum atomic E-state index is -0.183. The number of nitrogens with one attached hydrogen (secondary N) is 1. The molecule has 0 aliphatic heterocycles. The summed E-state index contributed by atoms with van der Waals surface area (Å²) in [4.78, 5) is 0. The molecule has 0 unspecified atom stereocenters. The fraction of sp³-hybridized carbons (Fsp3) is 0.222. The molecule has 5 heteroatoms. The Hall–Kier alpha value is -1.62. The van der Waals surface area contributed by atoms with Gasteiger partial charge in [0.05, 0.1) is 4.70 Å². The highest BCUT2D eigenvalue weighted by molar-refractivity contribution is 7.17. The van der Waals surface area contributed by atoms with E-state index >= 15 is 0 Å². The predicted octanol–water partition coefficient (Wildman–Crippen LogP) is 5.19. The molecule has 0 amide bonds. The second kappa shape index (κ2) is 8.29. The lowest BCUT2D eigenvalue weighted by atomic mass is 10.1. The van der Waals surface area contributed by atoms with Gasteiger partial charge in [0, 0.05) is 6.42 Å². The topological polar surface area (TPSA) is 21.3 Å². The first-order chi connectivity index (χ1) is 10.8. The number of fused-ring (bicyclic) bond motifs is 1. The minimum absolute atomic E-state index is 0. The lowest BCUT2D eigenvalue weighted by Crippen LogP contribution is -2.16. The predicted molar refractivity (Wildman–Crippen MR) is 97.4 cm³/mol. The van der Waals surface area contributed by atoms with Gasteiger partial charge in [0.1, 0.15) is 11.9 Å². The molecule has 3 rings (SSSR count). The molecule has 0 aliphatic rings. The molecule has 0 fully saturated rings. The van der Waals surface area contributed by atoms with Gasteiger partial charge in [-0.1, -0.05) is 42.5 Å². The van der Waals surface area contributed by atoms with Crippen molar-refractivity contribution in [3.63, 3.8) is 0 Å². The zero-order valence-electron chi connectivity index (χ0n) is 12.8. The molecule has 0 aliphatic carbocycles. The van der Waals surface area contributed by atoms with Crippen LogP contribution in [0.4, 0.5) is 4.39 Å². The highest BCUT2D eigenvalue weighted by atomic mass is 35.5. The maximum Gasteiger partial charge on any atom is 0.177 e. The molecule has 0 radical (unpaired) electrons. The SMILES string of the molecule is CNCC[C@H](Oc1cccc2cc(F)sc12)c1ccccc1.Cl. The van der Waals surface area contributed by atoms with E-state index in [1.165, 1.54) is 0 Å². The van der Waals surface area contributed by atoms with Crippen LogP contribution in [0.5, 0.6) is 5.75 Å². The molecule has 0 bridgehead atoms. The maximum atomic E-state index is 13.5. The van der Waals surface area contributed by atoms with Gasteiger partial charge < -0.3 is 10.1 Å². The zero-order chi connectivity index (χ0) is 15.4. The van der Waals surface area contributed by atoms with Crippen molar-refractivity contribution in [1.82, 2.24) is 5.32 Å². The fourth-order valence-corrected chi connectivity index (χ4v) is 3.33. The van der Waals surface area contributed by atoms with Gasteiger partial charge in [-0.15, -0.1) is 23.7 Å². The van der Waals surface area contributed by atoms with Crippen LogP contribution in [-0.2, 0) is 0 Å². The zero-order valence-corrected chi connectivity index (χ0v) is 14.4. The first-order valence-corrected chi connectivity index (χ1v) is 8.14. The van der Waals surface area contributed by atoms with E-state index in [0.717, 1.165) is 45.7 Å². The van der Waals surface area contributed by atoms with E-state index in [4.69, 9.17) is 4.74 Å². The highest BCUT2D eigenvalue weighted by Gasteiger charge is 2.15. The third-order valence-corrected chi connectivity index (χ3v) is 4.53. The van der Waals surface area contributed by atoms with Crippen molar-refractivity contribution in [2.75, 3.05) is 13.6 Å². The van der Waals surface area contributed by atoms with E-state index in [2.05, 4.69) is 17.4 Å². The molecule has 23 heavy (non-hydrogen) atoms. The van der Waals surface area contributed by atoms with E-state index in [0.29, 0.717) is 0 Å². The Morgan fingerprint density at radius 2 is 1.91 bits per heavy atom. The van der Waals surface area contributed by atoms with Gasteiger partial charge in [-0.3, -0.25) is 0 Å². The van der Waals surface area contributed by atoms with Gasteiger partial charge in [0.15, 0.2) is 5.13 Å². The molecule has 0 saturated carbocycles. The summed E-state index contributed by atoms with van der Waals surface area (Å²) in [5.74, 6) is 0.747. The van der Waals surface area contributed by atoms with Gasteiger partial charge >= 0.3 is 0 Å². The van der Waals surface area contributed by atoms with Gasteiger partial charge in [0.25, 0.3) is 0 Å². The Morgan fingerprint density at radius 1 is 1.13 bits per heavy atom.